The summed E-state index contributed by atoms with van der Waals surface area (Å²) in [7, 11) is 9.45. The van der Waals surface area contributed by atoms with Gasteiger partial charge in [-0.15, -0.1) is 0 Å². The summed E-state index contributed by atoms with van der Waals surface area (Å²) in [6.45, 7) is 4.92. The van der Waals surface area contributed by atoms with Gasteiger partial charge in [0.1, 0.15) is 5.52 Å². The maximum Gasteiger partial charge on any atom is 0.253 e. The monoisotopic (exact) mass is 379 g/mol. The molecule has 3 rings (SSSR count). The lowest BCUT2D eigenvalue weighted by Crippen LogP contribution is -2.22. The van der Waals surface area contributed by atoms with Crippen LogP contribution < -0.4 is 10.2 Å². The van der Waals surface area contributed by atoms with Crippen molar-refractivity contribution in [3.8, 4) is 0 Å². The summed E-state index contributed by atoms with van der Waals surface area (Å²) < 4.78 is 2.02. The molecule has 0 saturated heterocycles. The van der Waals surface area contributed by atoms with E-state index in [1.54, 1.807) is 19.0 Å². The van der Waals surface area contributed by atoms with Gasteiger partial charge in [0, 0.05) is 47.3 Å². The smallest absolute Gasteiger partial charge is 0.253 e. The number of aryl methyl sites for hydroxylation is 3. The number of imidazole rings is 1. The van der Waals surface area contributed by atoms with E-state index in [-0.39, 0.29) is 5.91 Å². The van der Waals surface area contributed by atoms with Crippen LogP contribution in [0.2, 0.25) is 0 Å². The Morgan fingerprint density at radius 1 is 1.11 bits per heavy atom. The third kappa shape index (κ3) is 3.54. The molecule has 0 radical (unpaired) electrons. The zero-order chi connectivity index (χ0) is 20.6. The molecule has 0 fully saturated rings. The van der Waals surface area contributed by atoms with Crippen LogP contribution >= 0.6 is 0 Å². The number of aromatic nitrogens is 2. The topological polar surface area (TPSA) is 53.4 Å². The summed E-state index contributed by atoms with van der Waals surface area (Å²) in [5.41, 5.74) is 7.08. The zero-order valence-corrected chi connectivity index (χ0v) is 17.8. The number of anilines is 2. The highest BCUT2D eigenvalue weighted by Gasteiger charge is 2.18. The molecule has 3 aromatic rings. The number of amides is 1. The van der Waals surface area contributed by atoms with E-state index < -0.39 is 0 Å². The molecule has 0 aliphatic rings. The van der Waals surface area contributed by atoms with Gasteiger partial charge in [-0.05, 0) is 42.7 Å². The second-order valence-electron chi connectivity index (χ2n) is 7.68. The van der Waals surface area contributed by atoms with E-state index in [1.165, 1.54) is 16.7 Å². The highest BCUT2D eigenvalue weighted by atomic mass is 16.2. The number of hydrogen-bond donors (Lipinski definition) is 1. The molecule has 0 unspecified atom stereocenters. The third-order valence-corrected chi connectivity index (χ3v) is 5.12. The molecule has 1 aromatic heterocycles. The van der Waals surface area contributed by atoms with Gasteiger partial charge < -0.3 is 19.7 Å². The molecule has 0 aliphatic heterocycles. The third-order valence-electron chi connectivity index (χ3n) is 5.12. The van der Waals surface area contributed by atoms with Gasteiger partial charge in [0.15, 0.2) is 0 Å². The van der Waals surface area contributed by atoms with E-state index >= 15 is 0 Å². The van der Waals surface area contributed by atoms with Crippen molar-refractivity contribution in [2.24, 2.45) is 7.05 Å². The molecular weight excluding hydrogens is 350 g/mol. The fourth-order valence-electron chi connectivity index (χ4n) is 3.50. The van der Waals surface area contributed by atoms with E-state index in [9.17, 15) is 4.79 Å². The first-order valence-corrected chi connectivity index (χ1v) is 9.39. The number of hydrogen-bond acceptors (Lipinski definition) is 4. The van der Waals surface area contributed by atoms with Crippen molar-refractivity contribution in [2.75, 3.05) is 38.4 Å². The number of fused-ring (bicyclic) bond motifs is 1. The maximum atomic E-state index is 12.6. The number of nitrogens with zero attached hydrogens (tertiary/aromatic N) is 4. The van der Waals surface area contributed by atoms with Crippen LogP contribution in [0.15, 0.2) is 30.3 Å². The first-order valence-electron chi connectivity index (χ1n) is 9.39. The van der Waals surface area contributed by atoms with Crippen LogP contribution in [0.4, 0.5) is 11.6 Å². The minimum atomic E-state index is -0.0235. The molecule has 0 aliphatic carbocycles. The fraction of sp³-hybridized carbons (Fsp3) is 0.364. The Hall–Kier alpha value is -3.02. The predicted octanol–water partition coefficient (Wildman–Crippen LogP) is 3.57. The molecule has 6 nitrogen and oxygen atoms in total. The second kappa shape index (κ2) is 7.54. The Morgan fingerprint density at radius 2 is 1.75 bits per heavy atom. The SMILES string of the molecule is Cc1cccc(C)c1CNc1cc(C(=O)N(C)C)cc2c1nc(N(C)C)n2C. The lowest BCUT2D eigenvalue weighted by Gasteiger charge is -2.15. The van der Waals surface area contributed by atoms with Crippen molar-refractivity contribution >= 4 is 28.6 Å². The van der Waals surface area contributed by atoms with Gasteiger partial charge in [-0.3, -0.25) is 4.79 Å². The first-order chi connectivity index (χ1) is 13.2. The van der Waals surface area contributed by atoms with Gasteiger partial charge in [-0.1, -0.05) is 18.2 Å². The zero-order valence-electron chi connectivity index (χ0n) is 17.8. The number of benzene rings is 2. The van der Waals surface area contributed by atoms with E-state index in [4.69, 9.17) is 4.98 Å². The van der Waals surface area contributed by atoms with E-state index in [0.717, 1.165) is 22.7 Å². The molecule has 28 heavy (non-hydrogen) atoms. The Kier molecular flexibility index (Phi) is 5.31. The van der Waals surface area contributed by atoms with Gasteiger partial charge in [-0.2, -0.15) is 0 Å². The lowest BCUT2D eigenvalue weighted by atomic mass is 10.0. The largest absolute Gasteiger partial charge is 0.379 e. The predicted molar refractivity (Wildman–Crippen MR) is 116 cm³/mol. The normalized spacial score (nSPS) is 11.0. The van der Waals surface area contributed by atoms with Crippen molar-refractivity contribution < 1.29 is 4.79 Å². The number of carbonyl (C=O) groups is 1. The molecule has 1 N–H and O–H groups in total. The fourth-order valence-corrected chi connectivity index (χ4v) is 3.50. The van der Waals surface area contributed by atoms with Crippen molar-refractivity contribution in [3.05, 3.63) is 52.6 Å². The van der Waals surface area contributed by atoms with Crippen molar-refractivity contribution in [1.29, 1.82) is 0 Å². The van der Waals surface area contributed by atoms with Crippen LogP contribution in [0, 0.1) is 13.8 Å². The molecule has 148 valence electrons. The number of carbonyl (C=O) groups excluding carboxylic acids is 1. The van der Waals surface area contributed by atoms with Crippen molar-refractivity contribution in [1.82, 2.24) is 14.5 Å². The Bertz CT molecular complexity index is 1010. The molecule has 6 heteroatoms. The number of nitrogens with one attached hydrogen (secondary N) is 1. The molecule has 1 amide bonds. The summed E-state index contributed by atoms with van der Waals surface area (Å²) >= 11 is 0. The van der Waals surface area contributed by atoms with Gasteiger partial charge >= 0.3 is 0 Å². The molecule has 0 bridgehead atoms. The Labute approximate surface area is 166 Å². The molecule has 1 heterocycles. The van der Waals surface area contributed by atoms with Crippen molar-refractivity contribution in [3.63, 3.8) is 0 Å². The molecule has 0 atom stereocenters. The average molecular weight is 380 g/mol. The minimum absolute atomic E-state index is 0.0235. The summed E-state index contributed by atoms with van der Waals surface area (Å²) in [6.07, 6.45) is 0. The standard InChI is InChI=1S/C22H29N5O/c1-14-9-8-10-15(2)17(14)13-23-18-11-16(21(28)25(3)4)12-19-20(18)24-22(26(5)6)27(19)7/h8-12,23H,13H2,1-7H3. The lowest BCUT2D eigenvalue weighted by molar-refractivity contribution is 0.0828. The Morgan fingerprint density at radius 3 is 2.32 bits per heavy atom. The van der Waals surface area contributed by atoms with E-state index in [1.807, 2.05) is 42.7 Å². The van der Waals surface area contributed by atoms with E-state index in [0.29, 0.717) is 12.1 Å². The van der Waals surface area contributed by atoms with Gasteiger partial charge in [0.2, 0.25) is 5.95 Å². The van der Waals surface area contributed by atoms with Crippen LogP contribution in [-0.2, 0) is 13.6 Å². The molecular formula is C22H29N5O. The first kappa shape index (κ1) is 19.7. The Balaban J connectivity index is 2.11. The van der Waals surface area contributed by atoms with E-state index in [2.05, 4.69) is 37.4 Å². The average Bonchev–Trinajstić information content (AvgIpc) is 2.97. The van der Waals surface area contributed by atoms with Gasteiger partial charge in [-0.25, -0.2) is 4.98 Å². The van der Waals surface area contributed by atoms with Crippen LogP contribution in [0.5, 0.6) is 0 Å². The van der Waals surface area contributed by atoms with Gasteiger partial charge in [0.05, 0.1) is 11.2 Å². The highest BCUT2D eigenvalue weighted by Crippen LogP contribution is 2.29. The van der Waals surface area contributed by atoms with Crippen LogP contribution in [0.25, 0.3) is 11.0 Å². The van der Waals surface area contributed by atoms with Crippen LogP contribution in [-0.4, -0.2) is 48.5 Å². The highest BCUT2D eigenvalue weighted by molar-refractivity contribution is 6.02. The molecule has 0 spiro atoms. The minimum Gasteiger partial charge on any atom is -0.379 e. The number of rotatable bonds is 5. The van der Waals surface area contributed by atoms with Gasteiger partial charge in [0.25, 0.3) is 5.91 Å². The quantitative estimate of drug-likeness (QED) is 0.736. The summed E-state index contributed by atoms with van der Waals surface area (Å²) in [5, 5.41) is 3.53. The van der Waals surface area contributed by atoms with Crippen molar-refractivity contribution in [2.45, 2.75) is 20.4 Å². The molecule has 2 aromatic carbocycles. The second-order valence-corrected chi connectivity index (χ2v) is 7.68. The van der Waals surface area contributed by atoms with Crippen LogP contribution in [0.1, 0.15) is 27.0 Å². The summed E-state index contributed by atoms with van der Waals surface area (Å²) in [6, 6.07) is 10.1. The maximum absolute atomic E-state index is 12.6. The van der Waals surface area contributed by atoms with Crippen LogP contribution in [0.3, 0.4) is 0 Å². The summed E-state index contributed by atoms with van der Waals surface area (Å²) in [4.78, 5) is 21.0. The molecule has 0 saturated carbocycles. The summed E-state index contributed by atoms with van der Waals surface area (Å²) in [5.74, 6) is 0.823.